The molecule has 0 spiro atoms. The Balaban J connectivity index is 2.32. The van der Waals surface area contributed by atoms with Crippen molar-refractivity contribution in [2.75, 3.05) is 18.1 Å². The first-order valence-corrected chi connectivity index (χ1v) is 6.86. The molecule has 0 saturated carbocycles. The normalized spacial score (nSPS) is 20.8. The lowest BCUT2D eigenvalue weighted by Crippen LogP contribution is -2.38. The molecule has 1 aromatic heterocycles. The van der Waals surface area contributed by atoms with Crippen molar-refractivity contribution in [2.24, 2.45) is 5.73 Å². The fraction of sp³-hybridized carbons (Fsp3) is 0.615. The van der Waals surface area contributed by atoms with Crippen LogP contribution in [0.5, 0.6) is 0 Å². The Kier molecular flexibility index (Phi) is 4.80. The Morgan fingerprint density at radius 1 is 1.44 bits per heavy atom. The molecule has 18 heavy (non-hydrogen) atoms. The molecule has 1 aliphatic rings. The van der Waals surface area contributed by atoms with Crippen molar-refractivity contribution >= 4 is 17.4 Å². The van der Waals surface area contributed by atoms with Crippen LogP contribution in [0, 0.1) is 0 Å². The summed E-state index contributed by atoms with van der Waals surface area (Å²) in [4.78, 5) is 6.51. The molecule has 2 heterocycles. The fourth-order valence-electron chi connectivity index (χ4n) is 2.48. The smallest absolute Gasteiger partial charge is 0.148 e. The zero-order valence-corrected chi connectivity index (χ0v) is 11.2. The van der Waals surface area contributed by atoms with Crippen LogP contribution in [0.2, 0.25) is 5.02 Å². The van der Waals surface area contributed by atoms with Crippen molar-refractivity contribution in [3.8, 4) is 0 Å². The molecule has 100 valence electrons. The van der Waals surface area contributed by atoms with Crippen molar-refractivity contribution in [3.05, 3.63) is 22.8 Å². The number of nitrogens with two attached hydrogens (primary N) is 1. The average molecular weight is 270 g/mol. The monoisotopic (exact) mass is 269 g/mol. The van der Waals surface area contributed by atoms with Gasteiger partial charge in [0, 0.05) is 19.3 Å². The third kappa shape index (κ3) is 2.76. The van der Waals surface area contributed by atoms with Gasteiger partial charge in [0.2, 0.25) is 0 Å². The van der Waals surface area contributed by atoms with Crippen molar-refractivity contribution in [1.29, 1.82) is 0 Å². The molecular weight excluding hydrogens is 250 g/mol. The van der Waals surface area contributed by atoms with Gasteiger partial charge >= 0.3 is 0 Å². The largest absolute Gasteiger partial charge is 0.394 e. The van der Waals surface area contributed by atoms with Crippen LogP contribution in [-0.2, 0) is 6.54 Å². The van der Waals surface area contributed by atoms with E-state index in [-0.39, 0.29) is 12.6 Å². The molecule has 0 bridgehead atoms. The predicted molar refractivity (Wildman–Crippen MR) is 73.8 cm³/mol. The van der Waals surface area contributed by atoms with E-state index in [1.807, 2.05) is 6.07 Å². The van der Waals surface area contributed by atoms with Gasteiger partial charge in [-0.05, 0) is 24.5 Å². The quantitative estimate of drug-likeness (QED) is 0.880. The third-order valence-electron chi connectivity index (χ3n) is 3.53. The summed E-state index contributed by atoms with van der Waals surface area (Å²) in [6.07, 6.45) is 6.18. The van der Waals surface area contributed by atoms with E-state index in [1.54, 1.807) is 6.20 Å². The van der Waals surface area contributed by atoms with Crippen molar-refractivity contribution in [1.82, 2.24) is 4.98 Å². The number of pyridine rings is 1. The second kappa shape index (κ2) is 6.36. The summed E-state index contributed by atoms with van der Waals surface area (Å²) in [5.41, 5.74) is 6.57. The minimum Gasteiger partial charge on any atom is -0.394 e. The maximum atomic E-state index is 9.53. The molecule has 1 aromatic rings. The molecule has 1 fully saturated rings. The van der Waals surface area contributed by atoms with E-state index in [0.29, 0.717) is 11.6 Å². The van der Waals surface area contributed by atoms with E-state index in [4.69, 9.17) is 17.3 Å². The standard InChI is InChI=1S/C13H20ClN3O/c14-12-10(8-15)5-6-16-13(12)17-7-3-1-2-4-11(17)9-18/h5-6,11,18H,1-4,7-9,15H2. The zero-order chi connectivity index (χ0) is 13.0. The van der Waals surface area contributed by atoms with Crippen LogP contribution in [0.1, 0.15) is 31.2 Å². The molecular formula is C13H20ClN3O. The summed E-state index contributed by atoms with van der Waals surface area (Å²) >= 11 is 6.35. The van der Waals surface area contributed by atoms with Gasteiger partial charge in [-0.25, -0.2) is 4.98 Å². The number of aliphatic hydroxyl groups excluding tert-OH is 1. The summed E-state index contributed by atoms with van der Waals surface area (Å²) in [6, 6.07) is 1.96. The summed E-state index contributed by atoms with van der Waals surface area (Å²) < 4.78 is 0. The lowest BCUT2D eigenvalue weighted by Gasteiger charge is -2.30. The van der Waals surface area contributed by atoms with Crippen LogP contribution in [-0.4, -0.2) is 29.3 Å². The SMILES string of the molecule is NCc1ccnc(N2CCCCCC2CO)c1Cl. The molecule has 2 rings (SSSR count). The highest BCUT2D eigenvalue weighted by Gasteiger charge is 2.24. The van der Waals surface area contributed by atoms with Crippen molar-refractivity contribution < 1.29 is 5.11 Å². The van der Waals surface area contributed by atoms with E-state index in [9.17, 15) is 5.11 Å². The molecule has 0 aliphatic carbocycles. The second-order valence-electron chi connectivity index (χ2n) is 4.69. The van der Waals surface area contributed by atoms with Crippen molar-refractivity contribution in [2.45, 2.75) is 38.3 Å². The Morgan fingerprint density at radius 2 is 2.28 bits per heavy atom. The summed E-state index contributed by atoms with van der Waals surface area (Å²) in [7, 11) is 0. The first-order chi connectivity index (χ1) is 8.77. The van der Waals surface area contributed by atoms with Gasteiger partial charge in [0.1, 0.15) is 5.82 Å². The van der Waals surface area contributed by atoms with Gasteiger partial charge < -0.3 is 15.7 Å². The highest BCUT2D eigenvalue weighted by molar-refractivity contribution is 6.33. The average Bonchev–Trinajstić information content (AvgIpc) is 2.64. The Bertz CT molecular complexity index is 400. The first-order valence-electron chi connectivity index (χ1n) is 6.49. The number of anilines is 1. The van der Waals surface area contributed by atoms with Gasteiger partial charge in [0.15, 0.2) is 0 Å². The third-order valence-corrected chi connectivity index (χ3v) is 3.94. The van der Waals surface area contributed by atoms with E-state index in [2.05, 4.69) is 9.88 Å². The predicted octanol–water partition coefficient (Wildman–Crippen LogP) is 1.94. The van der Waals surface area contributed by atoms with Gasteiger partial charge in [-0.2, -0.15) is 0 Å². The van der Waals surface area contributed by atoms with Crippen molar-refractivity contribution in [3.63, 3.8) is 0 Å². The van der Waals surface area contributed by atoms with Crippen LogP contribution in [0.3, 0.4) is 0 Å². The van der Waals surface area contributed by atoms with Gasteiger partial charge in [-0.1, -0.05) is 24.4 Å². The zero-order valence-electron chi connectivity index (χ0n) is 10.5. The lowest BCUT2D eigenvalue weighted by molar-refractivity contribution is 0.254. The van der Waals surface area contributed by atoms with Crippen LogP contribution >= 0.6 is 11.6 Å². The molecule has 1 unspecified atom stereocenters. The Labute approximate surface area is 113 Å². The van der Waals surface area contributed by atoms with E-state index in [0.717, 1.165) is 37.2 Å². The summed E-state index contributed by atoms with van der Waals surface area (Å²) in [5, 5.41) is 10.2. The fourth-order valence-corrected chi connectivity index (χ4v) is 2.77. The molecule has 1 saturated heterocycles. The van der Waals surface area contributed by atoms with Gasteiger partial charge in [-0.15, -0.1) is 0 Å². The van der Waals surface area contributed by atoms with Crippen LogP contribution in [0.15, 0.2) is 12.3 Å². The minimum atomic E-state index is 0.116. The number of hydrogen-bond donors (Lipinski definition) is 2. The summed E-state index contributed by atoms with van der Waals surface area (Å²) in [6.45, 7) is 1.45. The number of halogens is 1. The van der Waals surface area contributed by atoms with E-state index in [1.165, 1.54) is 6.42 Å². The van der Waals surface area contributed by atoms with Gasteiger partial charge in [0.25, 0.3) is 0 Å². The number of aliphatic hydroxyl groups is 1. The van der Waals surface area contributed by atoms with E-state index >= 15 is 0 Å². The summed E-state index contributed by atoms with van der Waals surface area (Å²) in [5.74, 6) is 0.764. The molecule has 5 heteroatoms. The molecule has 0 radical (unpaired) electrons. The number of rotatable bonds is 3. The molecule has 4 nitrogen and oxygen atoms in total. The molecule has 0 aromatic carbocycles. The van der Waals surface area contributed by atoms with Crippen LogP contribution in [0.25, 0.3) is 0 Å². The van der Waals surface area contributed by atoms with Crippen LogP contribution in [0.4, 0.5) is 5.82 Å². The maximum absolute atomic E-state index is 9.53. The maximum Gasteiger partial charge on any atom is 0.148 e. The second-order valence-corrected chi connectivity index (χ2v) is 5.07. The molecule has 1 atom stereocenters. The molecule has 1 aliphatic heterocycles. The number of hydrogen-bond acceptors (Lipinski definition) is 4. The number of aromatic nitrogens is 1. The Morgan fingerprint density at radius 3 is 3.00 bits per heavy atom. The Hall–Kier alpha value is -0.840. The van der Waals surface area contributed by atoms with E-state index < -0.39 is 0 Å². The minimum absolute atomic E-state index is 0.116. The van der Waals surface area contributed by atoms with Gasteiger partial charge in [0.05, 0.1) is 17.7 Å². The lowest BCUT2D eigenvalue weighted by atomic mass is 10.1. The van der Waals surface area contributed by atoms with Gasteiger partial charge in [-0.3, -0.25) is 0 Å². The number of nitrogens with zero attached hydrogens (tertiary/aromatic N) is 2. The van der Waals surface area contributed by atoms with Crippen LogP contribution < -0.4 is 10.6 Å². The molecule has 3 N–H and O–H groups in total. The topological polar surface area (TPSA) is 62.4 Å². The highest BCUT2D eigenvalue weighted by Crippen LogP contribution is 2.30. The highest BCUT2D eigenvalue weighted by atomic mass is 35.5. The first kappa shape index (κ1) is 13.6. The molecule has 0 amide bonds.